The van der Waals surface area contributed by atoms with E-state index in [-0.39, 0.29) is 6.04 Å². The number of hydrogen-bond donors (Lipinski definition) is 2. The maximum atomic E-state index is 5.41. The molecule has 0 amide bonds. The Bertz CT molecular complexity index is 658. The smallest absolute Gasteiger partial charge is 0.191 e. The van der Waals surface area contributed by atoms with Crippen LogP contribution in [0.4, 0.5) is 0 Å². The number of guanidine groups is 1. The van der Waals surface area contributed by atoms with Crippen molar-refractivity contribution in [2.24, 2.45) is 4.99 Å². The molecule has 1 heterocycles. The fraction of sp³-hybridized carbons (Fsp3) is 0.500. The first-order chi connectivity index (χ1) is 13.7. The number of aliphatic imine (C=N–C) groups is 1. The zero-order valence-corrected chi connectivity index (χ0v) is 17.4. The molecule has 1 aromatic carbocycles. The molecule has 2 N–H and O–H groups in total. The highest BCUT2D eigenvalue weighted by Gasteiger charge is 2.08. The van der Waals surface area contributed by atoms with E-state index in [4.69, 9.17) is 14.1 Å². The molecule has 1 unspecified atom stereocenters. The molecule has 6 nitrogen and oxygen atoms in total. The van der Waals surface area contributed by atoms with Gasteiger partial charge in [0.2, 0.25) is 0 Å². The minimum Gasteiger partial charge on any atom is -0.469 e. The summed E-state index contributed by atoms with van der Waals surface area (Å²) < 4.78 is 10.5. The largest absolute Gasteiger partial charge is 0.469 e. The Labute approximate surface area is 169 Å². The summed E-state index contributed by atoms with van der Waals surface area (Å²) in [6.07, 6.45) is 3.57. The molecule has 2 aromatic rings. The summed E-state index contributed by atoms with van der Waals surface area (Å²) in [4.78, 5) is 7.05. The van der Waals surface area contributed by atoms with E-state index < -0.39 is 0 Å². The molecule has 0 saturated carbocycles. The van der Waals surface area contributed by atoms with Gasteiger partial charge in [-0.1, -0.05) is 30.3 Å². The number of nitrogens with zero attached hydrogens (tertiary/aromatic N) is 2. The van der Waals surface area contributed by atoms with Crippen molar-refractivity contribution in [2.45, 2.75) is 25.8 Å². The summed E-state index contributed by atoms with van der Waals surface area (Å²) >= 11 is 0. The van der Waals surface area contributed by atoms with Gasteiger partial charge in [0.15, 0.2) is 5.96 Å². The summed E-state index contributed by atoms with van der Waals surface area (Å²) in [6.45, 7) is 6.37. The van der Waals surface area contributed by atoms with Crippen molar-refractivity contribution in [1.82, 2.24) is 15.5 Å². The molecule has 0 radical (unpaired) electrons. The molecule has 0 fully saturated rings. The van der Waals surface area contributed by atoms with Crippen LogP contribution in [0.2, 0.25) is 0 Å². The number of likely N-dealkylation sites (N-methyl/N-ethyl adjacent to an activating group) is 1. The Morgan fingerprint density at radius 3 is 2.71 bits per heavy atom. The first-order valence-electron chi connectivity index (χ1n) is 9.98. The standard InChI is InChI=1S/C22H34N4O2/c1-19(20-9-5-4-6-10-20)25-22(23-13-12-21-11-7-18-28-21)24-14-16-26(2)15-8-17-27-3/h4-7,9-11,18-19H,8,12-17H2,1-3H3,(H2,23,24,25). The fourth-order valence-electron chi connectivity index (χ4n) is 2.86. The monoisotopic (exact) mass is 386 g/mol. The van der Waals surface area contributed by atoms with Gasteiger partial charge in [-0.15, -0.1) is 0 Å². The highest BCUT2D eigenvalue weighted by Crippen LogP contribution is 2.10. The predicted octanol–water partition coefficient (Wildman–Crippen LogP) is 3.09. The van der Waals surface area contributed by atoms with Crippen LogP contribution in [0, 0.1) is 0 Å². The molecule has 1 atom stereocenters. The van der Waals surface area contributed by atoms with E-state index in [2.05, 4.69) is 53.8 Å². The second-order valence-corrected chi connectivity index (χ2v) is 6.91. The van der Waals surface area contributed by atoms with Gasteiger partial charge in [0.05, 0.1) is 18.8 Å². The van der Waals surface area contributed by atoms with Gasteiger partial charge < -0.3 is 24.7 Å². The number of furan rings is 1. The average Bonchev–Trinajstić information content (AvgIpc) is 3.22. The number of rotatable bonds is 12. The molecule has 0 aliphatic rings. The fourth-order valence-corrected chi connectivity index (χ4v) is 2.86. The Balaban J connectivity index is 1.86. The highest BCUT2D eigenvalue weighted by atomic mass is 16.5. The molecule has 1 aromatic heterocycles. The van der Waals surface area contributed by atoms with Crippen molar-refractivity contribution in [3.63, 3.8) is 0 Å². The van der Waals surface area contributed by atoms with Crippen LogP contribution >= 0.6 is 0 Å². The average molecular weight is 387 g/mol. The number of hydrogen-bond acceptors (Lipinski definition) is 4. The third-order valence-corrected chi connectivity index (χ3v) is 4.54. The van der Waals surface area contributed by atoms with Crippen molar-refractivity contribution in [3.05, 3.63) is 60.1 Å². The van der Waals surface area contributed by atoms with E-state index in [1.54, 1.807) is 13.4 Å². The molecule has 0 aliphatic heterocycles. The van der Waals surface area contributed by atoms with E-state index in [1.165, 1.54) is 5.56 Å². The third kappa shape index (κ3) is 8.59. The van der Waals surface area contributed by atoms with Gasteiger partial charge in [-0.2, -0.15) is 0 Å². The van der Waals surface area contributed by atoms with E-state index >= 15 is 0 Å². The van der Waals surface area contributed by atoms with Crippen LogP contribution in [0.1, 0.15) is 30.7 Å². The molecule has 28 heavy (non-hydrogen) atoms. The van der Waals surface area contributed by atoms with Gasteiger partial charge in [0.1, 0.15) is 5.76 Å². The van der Waals surface area contributed by atoms with E-state index in [0.29, 0.717) is 0 Å². The quantitative estimate of drug-likeness (QED) is 0.333. The zero-order chi connectivity index (χ0) is 20.0. The van der Waals surface area contributed by atoms with Crippen LogP contribution < -0.4 is 10.6 Å². The number of methoxy groups -OCH3 is 1. The lowest BCUT2D eigenvalue weighted by Gasteiger charge is -2.20. The van der Waals surface area contributed by atoms with Crippen LogP contribution in [-0.2, 0) is 11.2 Å². The van der Waals surface area contributed by atoms with Gasteiger partial charge in [-0.05, 0) is 38.1 Å². The summed E-state index contributed by atoms with van der Waals surface area (Å²) in [7, 11) is 3.86. The molecule has 0 bridgehead atoms. The summed E-state index contributed by atoms with van der Waals surface area (Å²) in [5.41, 5.74) is 1.24. The van der Waals surface area contributed by atoms with Crippen molar-refractivity contribution in [1.29, 1.82) is 0 Å². The van der Waals surface area contributed by atoms with Gasteiger partial charge in [0.25, 0.3) is 0 Å². The van der Waals surface area contributed by atoms with Crippen molar-refractivity contribution in [2.75, 3.05) is 46.9 Å². The molecule has 6 heteroatoms. The van der Waals surface area contributed by atoms with Crippen molar-refractivity contribution >= 4 is 5.96 Å². The molecular formula is C22H34N4O2. The van der Waals surface area contributed by atoms with Crippen LogP contribution in [0.25, 0.3) is 0 Å². The van der Waals surface area contributed by atoms with Crippen LogP contribution in [0.5, 0.6) is 0 Å². The van der Waals surface area contributed by atoms with E-state index in [0.717, 1.165) is 57.3 Å². The van der Waals surface area contributed by atoms with Crippen molar-refractivity contribution < 1.29 is 9.15 Å². The van der Waals surface area contributed by atoms with Gasteiger partial charge >= 0.3 is 0 Å². The van der Waals surface area contributed by atoms with Gasteiger partial charge in [0, 0.05) is 39.8 Å². The van der Waals surface area contributed by atoms with Crippen LogP contribution in [0.15, 0.2) is 58.1 Å². The Morgan fingerprint density at radius 1 is 1.18 bits per heavy atom. The number of ether oxygens (including phenoxy) is 1. The number of benzene rings is 1. The lowest BCUT2D eigenvalue weighted by molar-refractivity contribution is 0.180. The molecule has 0 saturated heterocycles. The maximum Gasteiger partial charge on any atom is 0.191 e. The summed E-state index contributed by atoms with van der Waals surface area (Å²) in [5, 5.41) is 6.93. The molecule has 0 spiro atoms. The molecule has 154 valence electrons. The van der Waals surface area contributed by atoms with Gasteiger partial charge in [-0.25, -0.2) is 0 Å². The predicted molar refractivity (Wildman–Crippen MR) is 115 cm³/mol. The lowest BCUT2D eigenvalue weighted by Crippen LogP contribution is -2.40. The molecule has 0 aliphatic carbocycles. The van der Waals surface area contributed by atoms with E-state index in [1.807, 2.05) is 18.2 Å². The van der Waals surface area contributed by atoms with Crippen molar-refractivity contribution in [3.8, 4) is 0 Å². The minimum atomic E-state index is 0.176. The Kier molecular flexibility index (Phi) is 10.2. The SMILES string of the molecule is COCCCN(C)CCN=C(NCCc1ccco1)NC(C)c1ccccc1. The Morgan fingerprint density at radius 2 is 2.00 bits per heavy atom. The minimum absolute atomic E-state index is 0.176. The van der Waals surface area contributed by atoms with Gasteiger partial charge in [-0.3, -0.25) is 4.99 Å². The molecular weight excluding hydrogens is 352 g/mol. The summed E-state index contributed by atoms with van der Waals surface area (Å²) in [6, 6.07) is 14.5. The van der Waals surface area contributed by atoms with E-state index in [9.17, 15) is 0 Å². The van der Waals surface area contributed by atoms with Crippen LogP contribution in [-0.4, -0.2) is 57.8 Å². The first kappa shape index (κ1) is 22.0. The second-order valence-electron chi connectivity index (χ2n) is 6.91. The maximum absolute atomic E-state index is 5.41. The molecule has 2 rings (SSSR count). The lowest BCUT2D eigenvalue weighted by atomic mass is 10.1. The topological polar surface area (TPSA) is 62.0 Å². The third-order valence-electron chi connectivity index (χ3n) is 4.54. The first-order valence-corrected chi connectivity index (χ1v) is 9.98. The highest BCUT2D eigenvalue weighted by molar-refractivity contribution is 5.80. The number of nitrogens with one attached hydrogen (secondary N) is 2. The zero-order valence-electron chi connectivity index (χ0n) is 17.4. The second kappa shape index (κ2) is 13.0. The summed E-state index contributed by atoms with van der Waals surface area (Å²) in [5.74, 6) is 1.80. The Hall–Kier alpha value is -2.31. The normalized spacial score (nSPS) is 12.9. The van der Waals surface area contributed by atoms with Crippen LogP contribution in [0.3, 0.4) is 0 Å².